The van der Waals surface area contributed by atoms with Gasteiger partial charge < -0.3 is 19.9 Å². The van der Waals surface area contributed by atoms with Crippen LogP contribution in [0.4, 0.5) is 11.4 Å². The molecule has 11 nitrogen and oxygen atoms in total. The number of nitro groups is 1. The molecule has 2 N–H and O–H groups in total. The number of benzene rings is 2. The number of nitrogens with zero attached hydrogens (tertiary/aromatic N) is 4. The van der Waals surface area contributed by atoms with Crippen molar-refractivity contribution in [3.8, 4) is 5.75 Å². The lowest BCUT2D eigenvalue weighted by Gasteiger charge is -2.10. The van der Waals surface area contributed by atoms with Gasteiger partial charge in [0.25, 0.3) is 11.6 Å². The molecule has 0 bridgehead atoms. The predicted octanol–water partition coefficient (Wildman–Crippen LogP) is 3.70. The molecule has 1 aromatic heterocycles. The Morgan fingerprint density at radius 3 is 2.66 bits per heavy atom. The summed E-state index contributed by atoms with van der Waals surface area (Å²) in [6, 6.07) is 10.5. The predicted molar refractivity (Wildman–Crippen MR) is 132 cm³/mol. The van der Waals surface area contributed by atoms with Gasteiger partial charge in [0.1, 0.15) is 5.75 Å². The molecule has 0 atom stereocenters. The number of carbonyl (C=O) groups excluding carboxylic acids is 2. The number of nitrogens with one attached hydrogen (secondary N) is 2. The normalized spacial score (nSPS) is 10.5. The maximum absolute atomic E-state index is 12.4. The van der Waals surface area contributed by atoms with Crippen molar-refractivity contribution < 1.29 is 19.2 Å². The second kappa shape index (κ2) is 12.0. The lowest BCUT2D eigenvalue weighted by molar-refractivity contribution is -0.384. The standard InChI is InChI=1S/C22H21ClN6O5S/c1-3-10-28-19(12-24-21(31)14-4-7-16(34-2)8-5-14)26-27-22(28)35-13-20(30)25-18-11-15(29(32)33)6-9-17(18)23/h3-9,11H,1,10,12-13H2,2H3,(H,24,31)(H,25,30). The second-order valence-electron chi connectivity index (χ2n) is 6.97. The van der Waals surface area contributed by atoms with Gasteiger partial charge in [-0.3, -0.25) is 19.7 Å². The van der Waals surface area contributed by atoms with Crippen LogP contribution in [0.1, 0.15) is 16.2 Å². The molecule has 2 aromatic carbocycles. The Hall–Kier alpha value is -3.90. The van der Waals surface area contributed by atoms with Crippen LogP contribution in [0.25, 0.3) is 0 Å². The molecule has 0 unspecified atom stereocenters. The molecular weight excluding hydrogens is 496 g/mol. The van der Waals surface area contributed by atoms with E-state index in [9.17, 15) is 19.7 Å². The first-order valence-corrected chi connectivity index (χ1v) is 11.5. The van der Waals surface area contributed by atoms with Crippen LogP contribution in [0, 0.1) is 10.1 Å². The molecular formula is C22H21ClN6O5S. The third-order valence-corrected chi connectivity index (χ3v) is 5.93. The number of carbonyl (C=O) groups is 2. The summed E-state index contributed by atoms with van der Waals surface area (Å²) in [6.07, 6.45) is 1.64. The molecule has 13 heteroatoms. The van der Waals surface area contributed by atoms with Crippen LogP contribution in [0.5, 0.6) is 5.75 Å². The number of nitro benzene ring substituents is 1. The highest BCUT2D eigenvalue weighted by Gasteiger charge is 2.16. The van der Waals surface area contributed by atoms with Crippen molar-refractivity contribution in [1.82, 2.24) is 20.1 Å². The molecule has 35 heavy (non-hydrogen) atoms. The summed E-state index contributed by atoms with van der Waals surface area (Å²) < 4.78 is 6.81. The van der Waals surface area contributed by atoms with E-state index in [2.05, 4.69) is 27.4 Å². The van der Waals surface area contributed by atoms with Gasteiger partial charge in [-0.2, -0.15) is 0 Å². The van der Waals surface area contributed by atoms with Gasteiger partial charge in [0.05, 0.1) is 35.0 Å². The van der Waals surface area contributed by atoms with Crippen LogP contribution in [-0.4, -0.2) is 44.4 Å². The summed E-state index contributed by atoms with van der Waals surface area (Å²) in [5.74, 6) is 0.359. The van der Waals surface area contributed by atoms with Crippen molar-refractivity contribution in [2.75, 3.05) is 18.2 Å². The fourth-order valence-corrected chi connectivity index (χ4v) is 3.84. The van der Waals surface area contributed by atoms with Gasteiger partial charge in [-0.15, -0.1) is 16.8 Å². The van der Waals surface area contributed by atoms with Crippen molar-refractivity contribution >= 4 is 46.6 Å². The number of amides is 2. The van der Waals surface area contributed by atoms with E-state index in [-0.39, 0.29) is 34.6 Å². The third kappa shape index (κ3) is 6.80. The minimum Gasteiger partial charge on any atom is -0.497 e. The van der Waals surface area contributed by atoms with E-state index in [1.807, 2.05) is 0 Å². The van der Waals surface area contributed by atoms with Gasteiger partial charge in [0.15, 0.2) is 11.0 Å². The molecule has 0 saturated carbocycles. The van der Waals surface area contributed by atoms with E-state index >= 15 is 0 Å². The highest BCUT2D eigenvalue weighted by molar-refractivity contribution is 7.99. The Morgan fingerprint density at radius 1 is 1.26 bits per heavy atom. The Bertz CT molecular complexity index is 1250. The van der Waals surface area contributed by atoms with E-state index < -0.39 is 10.8 Å². The number of allylic oxidation sites excluding steroid dienone is 1. The van der Waals surface area contributed by atoms with Gasteiger partial charge in [0, 0.05) is 24.2 Å². The third-order valence-electron chi connectivity index (χ3n) is 4.63. The average Bonchev–Trinajstić information content (AvgIpc) is 3.24. The summed E-state index contributed by atoms with van der Waals surface area (Å²) in [4.78, 5) is 35.2. The molecule has 3 aromatic rings. The zero-order valence-corrected chi connectivity index (χ0v) is 20.1. The van der Waals surface area contributed by atoms with Crippen molar-refractivity contribution in [3.05, 3.63) is 81.6 Å². The highest BCUT2D eigenvalue weighted by atomic mass is 35.5. The highest BCUT2D eigenvalue weighted by Crippen LogP contribution is 2.27. The van der Waals surface area contributed by atoms with E-state index in [4.69, 9.17) is 16.3 Å². The van der Waals surface area contributed by atoms with Crippen molar-refractivity contribution in [2.24, 2.45) is 0 Å². The minimum atomic E-state index is -0.576. The van der Waals surface area contributed by atoms with Gasteiger partial charge in [-0.05, 0) is 30.3 Å². The van der Waals surface area contributed by atoms with Gasteiger partial charge in [0.2, 0.25) is 5.91 Å². The number of hydrogen-bond acceptors (Lipinski definition) is 8. The molecule has 0 aliphatic rings. The maximum Gasteiger partial charge on any atom is 0.271 e. The van der Waals surface area contributed by atoms with Gasteiger partial charge in [-0.25, -0.2) is 0 Å². The number of ether oxygens (including phenoxy) is 1. The molecule has 182 valence electrons. The fraction of sp³-hybridized carbons (Fsp3) is 0.182. The zero-order valence-electron chi connectivity index (χ0n) is 18.6. The number of anilines is 1. The number of hydrogen-bond donors (Lipinski definition) is 2. The summed E-state index contributed by atoms with van der Waals surface area (Å²) in [5.41, 5.74) is 0.414. The molecule has 3 rings (SSSR count). The first kappa shape index (κ1) is 25.7. The van der Waals surface area contributed by atoms with E-state index in [1.54, 1.807) is 42.0 Å². The van der Waals surface area contributed by atoms with E-state index in [0.717, 1.165) is 11.8 Å². The number of rotatable bonds is 11. The minimum absolute atomic E-state index is 0.0491. The number of halogens is 1. The monoisotopic (exact) mass is 516 g/mol. The first-order valence-electron chi connectivity index (χ1n) is 10.1. The fourth-order valence-electron chi connectivity index (χ4n) is 2.91. The molecule has 0 fully saturated rings. The number of thioether (sulfide) groups is 1. The van der Waals surface area contributed by atoms with Crippen LogP contribution in [-0.2, 0) is 17.9 Å². The molecule has 0 aliphatic heterocycles. The molecule has 0 radical (unpaired) electrons. The quantitative estimate of drug-likeness (QED) is 0.170. The topological polar surface area (TPSA) is 141 Å². The van der Waals surface area contributed by atoms with Crippen molar-refractivity contribution in [2.45, 2.75) is 18.2 Å². The van der Waals surface area contributed by atoms with Crippen LogP contribution >= 0.6 is 23.4 Å². The lowest BCUT2D eigenvalue weighted by atomic mass is 10.2. The van der Waals surface area contributed by atoms with Crippen LogP contribution in [0.15, 0.2) is 60.3 Å². The maximum atomic E-state index is 12.4. The number of methoxy groups -OCH3 is 1. The van der Waals surface area contributed by atoms with Crippen molar-refractivity contribution in [3.63, 3.8) is 0 Å². The smallest absolute Gasteiger partial charge is 0.271 e. The SMILES string of the molecule is C=CCn1c(CNC(=O)c2ccc(OC)cc2)nnc1SCC(=O)Nc1cc([N+](=O)[O-])ccc1Cl. The largest absolute Gasteiger partial charge is 0.497 e. The lowest BCUT2D eigenvalue weighted by Crippen LogP contribution is -2.24. The molecule has 2 amide bonds. The summed E-state index contributed by atoms with van der Waals surface area (Å²) >= 11 is 7.14. The van der Waals surface area contributed by atoms with Crippen LogP contribution in [0.3, 0.4) is 0 Å². The van der Waals surface area contributed by atoms with Crippen LogP contribution in [0.2, 0.25) is 5.02 Å². The summed E-state index contributed by atoms with van der Waals surface area (Å²) in [6.45, 7) is 4.20. The Labute approximate surface area is 209 Å². The van der Waals surface area contributed by atoms with Gasteiger partial charge in [-0.1, -0.05) is 29.4 Å². The Kier molecular flexibility index (Phi) is 8.81. The average molecular weight is 517 g/mol. The summed E-state index contributed by atoms with van der Waals surface area (Å²) in [7, 11) is 1.55. The van der Waals surface area contributed by atoms with E-state index in [0.29, 0.717) is 28.8 Å². The summed E-state index contributed by atoms with van der Waals surface area (Å²) in [5, 5.41) is 25.1. The molecule has 0 aliphatic carbocycles. The number of non-ortho nitro benzene ring substituents is 1. The Morgan fingerprint density at radius 2 is 2.00 bits per heavy atom. The molecule has 0 spiro atoms. The zero-order chi connectivity index (χ0) is 25.4. The van der Waals surface area contributed by atoms with Crippen molar-refractivity contribution in [1.29, 1.82) is 0 Å². The molecule has 0 saturated heterocycles. The Balaban J connectivity index is 1.62. The molecule has 1 heterocycles. The number of aromatic nitrogens is 3. The first-order chi connectivity index (χ1) is 16.8. The second-order valence-corrected chi connectivity index (χ2v) is 8.32. The van der Waals surface area contributed by atoms with Crippen LogP contribution < -0.4 is 15.4 Å². The van der Waals surface area contributed by atoms with Gasteiger partial charge >= 0.3 is 0 Å². The van der Waals surface area contributed by atoms with E-state index in [1.165, 1.54) is 18.2 Å².